The molecule has 0 radical (unpaired) electrons. The van der Waals surface area contributed by atoms with Crippen molar-refractivity contribution in [3.05, 3.63) is 51.9 Å². The Kier molecular flexibility index (Phi) is 3.37. The Morgan fingerprint density at radius 2 is 2.05 bits per heavy atom. The fourth-order valence-electron chi connectivity index (χ4n) is 1.98. The fourth-order valence-corrected chi connectivity index (χ4v) is 1.98. The Bertz CT molecular complexity index is 688. The largest absolute Gasteiger partial charge is 0.496 e. The van der Waals surface area contributed by atoms with Gasteiger partial charge in [0.1, 0.15) is 11.3 Å². The maximum Gasteiger partial charge on any atom is 0.341 e. The Morgan fingerprint density at radius 1 is 1.32 bits per heavy atom. The summed E-state index contributed by atoms with van der Waals surface area (Å²) in [6.45, 7) is 1.86. The number of hydrogen-bond donors (Lipinski definition) is 2. The predicted octanol–water partition coefficient (Wildman–Crippen LogP) is 2.06. The van der Waals surface area contributed by atoms with Crippen molar-refractivity contribution in [3.8, 4) is 16.9 Å². The lowest BCUT2D eigenvalue weighted by Crippen LogP contribution is -2.18. The van der Waals surface area contributed by atoms with Crippen LogP contribution in [-0.2, 0) is 0 Å². The molecule has 19 heavy (non-hydrogen) atoms. The van der Waals surface area contributed by atoms with Crippen LogP contribution in [0.15, 0.2) is 35.3 Å². The van der Waals surface area contributed by atoms with E-state index in [1.165, 1.54) is 6.20 Å². The quantitative estimate of drug-likeness (QED) is 0.884. The molecule has 0 atom stereocenters. The van der Waals surface area contributed by atoms with E-state index in [9.17, 15) is 9.59 Å². The lowest BCUT2D eigenvalue weighted by atomic mass is 9.99. The smallest absolute Gasteiger partial charge is 0.341 e. The van der Waals surface area contributed by atoms with Gasteiger partial charge in [-0.3, -0.25) is 4.79 Å². The van der Waals surface area contributed by atoms with Crippen LogP contribution in [-0.4, -0.2) is 23.2 Å². The summed E-state index contributed by atoms with van der Waals surface area (Å²) in [5.41, 5.74) is 1.06. The Hall–Kier alpha value is -2.56. The van der Waals surface area contributed by atoms with Crippen LogP contribution in [0.5, 0.6) is 5.75 Å². The molecule has 1 aromatic heterocycles. The molecular formula is C14H13NO4. The van der Waals surface area contributed by atoms with Gasteiger partial charge in [0, 0.05) is 11.8 Å². The third-order valence-electron chi connectivity index (χ3n) is 2.88. The highest BCUT2D eigenvalue weighted by Gasteiger charge is 2.16. The molecule has 0 unspecified atom stereocenters. The zero-order valence-corrected chi connectivity index (χ0v) is 10.6. The molecule has 2 N–H and O–H groups in total. The van der Waals surface area contributed by atoms with Crippen LogP contribution in [0.2, 0.25) is 0 Å². The molecule has 1 heterocycles. The second-order valence-corrected chi connectivity index (χ2v) is 4.09. The number of pyridine rings is 1. The molecule has 5 nitrogen and oxygen atoms in total. The first-order chi connectivity index (χ1) is 9.04. The monoisotopic (exact) mass is 259 g/mol. The number of aromatic nitrogens is 1. The number of nitrogens with one attached hydrogen (secondary N) is 1. The van der Waals surface area contributed by atoms with Gasteiger partial charge in [-0.2, -0.15) is 0 Å². The number of rotatable bonds is 3. The Balaban J connectivity index is 2.66. The SMILES string of the molecule is COc1ccc(-c2cc[nH]c(=O)c2C(=O)O)cc1C. The van der Waals surface area contributed by atoms with E-state index in [4.69, 9.17) is 9.84 Å². The molecule has 98 valence electrons. The zero-order valence-electron chi connectivity index (χ0n) is 10.6. The maximum atomic E-state index is 11.6. The van der Waals surface area contributed by atoms with Gasteiger partial charge in [0.05, 0.1) is 7.11 Å². The van der Waals surface area contributed by atoms with Gasteiger partial charge in [0.25, 0.3) is 5.56 Å². The predicted molar refractivity (Wildman–Crippen MR) is 70.7 cm³/mol. The highest BCUT2D eigenvalue weighted by atomic mass is 16.5. The highest BCUT2D eigenvalue weighted by Crippen LogP contribution is 2.27. The summed E-state index contributed by atoms with van der Waals surface area (Å²) < 4.78 is 5.15. The number of aromatic carboxylic acids is 1. The normalized spacial score (nSPS) is 10.2. The summed E-state index contributed by atoms with van der Waals surface area (Å²) >= 11 is 0. The minimum absolute atomic E-state index is 0.257. The Labute approximate surface area is 109 Å². The Morgan fingerprint density at radius 3 is 2.63 bits per heavy atom. The minimum Gasteiger partial charge on any atom is -0.496 e. The summed E-state index contributed by atoms with van der Waals surface area (Å²) in [6.07, 6.45) is 1.43. The third kappa shape index (κ3) is 2.35. The molecule has 0 aliphatic heterocycles. The molecule has 1 aromatic carbocycles. The zero-order chi connectivity index (χ0) is 14.0. The molecule has 2 aromatic rings. The first kappa shape index (κ1) is 12.9. The number of methoxy groups -OCH3 is 1. The number of ether oxygens (including phenoxy) is 1. The van der Waals surface area contributed by atoms with Gasteiger partial charge in [0.15, 0.2) is 0 Å². The van der Waals surface area contributed by atoms with Crippen LogP contribution in [0, 0.1) is 6.92 Å². The first-order valence-corrected chi connectivity index (χ1v) is 5.64. The van der Waals surface area contributed by atoms with Gasteiger partial charge >= 0.3 is 5.97 Å². The topological polar surface area (TPSA) is 79.4 Å². The van der Waals surface area contributed by atoms with Crippen molar-refractivity contribution in [2.75, 3.05) is 7.11 Å². The van der Waals surface area contributed by atoms with Crippen molar-refractivity contribution in [1.29, 1.82) is 0 Å². The number of carboxylic acids is 1. The number of H-pyrrole nitrogens is 1. The van der Waals surface area contributed by atoms with Gasteiger partial charge in [-0.1, -0.05) is 6.07 Å². The van der Waals surface area contributed by atoms with E-state index >= 15 is 0 Å². The van der Waals surface area contributed by atoms with E-state index in [1.54, 1.807) is 31.4 Å². The summed E-state index contributed by atoms with van der Waals surface area (Å²) in [5, 5.41) is 9.13. The van der Waals surface area contributed by atoms with Crippen LogP contribution < -0.4 is 10.3 Å². The third-order valence-corrected chi connectivity index (χ3v) is 2.88. The summed E-state index contributed by atoms with van der Waals surface area (Å²) in [4.78, 5) is 25.1. The van der Waals surface area contributed by atoms with E-state index in [2.05, 4.69) is 4.98 Å². The number of hydrogen-bond acceptors (Lipinski definition) is 3. The molecule has 0 saturated heterocycles. The van der Waals surface area contributed by atoms with Crippen LogP contribution >= 0.6 is 0 Å². The van der Waals surface area contributed by atoms with Crippen molar-refractivity contribution in [2.24, 2.45) is 0 Å². The van der Waals surface area contributed by atoms with Gasteiger partial charge in [-0.05, 0) is 36.2 Å². The molecule has 0 aliphatic carbocycles. The standard InChI is InChI=1S/C14H13NO4/c1-8-7-9(3-4-11(8)19-2)10-5-6-15-13(16)12(10)14(17)18/h3-7H,1-2H3,(H,15,16)(H,17,18). The molecule has 2 rings (SSSR count). The number of benzene rings is 1. The molecule has 0 spiro atoms. The second kappa shape index (κ2) is 4.97. The molecule has 0 saturated carbocycles. The average molecular weight is 259 g/mol. The van der Waals surface area contributed by atoms with E-state index in [0.29, 0.717) is 16.9 Å². The first-order valence-electron chi connectivity index (χ1n) is 5.64. The fraction of sp³-hybridized carbons (Fsp3) is 0.143. The maximum absolute atomic E-state index is 11.6. The van der Waals surface area contributed by atoms with Gasteiger partial charge < -0.3 is 14.8 Å². The van der Waals surface area contributed by atoms with Crippen molar-refractivity contribution in [1.82, 2.24) is 4.98 Å². The van der Waals surface area contributed by atoms with Crippen LogP contribution in [0.4, 0.5) is 0 Å². The van der Waals surface area contributed by atoms with Gasteiger partial charge in [-0.25, -0.2) is 4.79 Å². The van der Waals surface area contributed by atoms with E-state index in [-0.39, 0.29) is 5.56 Å². The summed E-state index contributed by atoms with van der Waals surface area (Å²) in [5.74, 6) is -0.532. The van der Waals surface area contributed by atoms with Crippen LogP contribution in [0.25, 0.3) is 11.1 Å². The average Bonchev–Trinajstić information content (AvgIpc) is 2.37. The van der Waals surface area contributed by atoms with Crippen LogP contribution in [0.1, 0.15) is 15.9 Å². The lowest BCUT2D eigenvalue weighted by molar-refractivity contribution is 0.0696. The van der Waals surface area contributed by atoms with Gasteiger partial charge in [0.2, 0.25) is 0 Å². The van der Waals surface area contributed by atoms with E-state index in [1.807, 2.05) is 6.92 Å². The second-order valence-electron chi connectivity index (χ2n) is 4.09. The number of carbonyl (C=O) groups is 1. The molecular weight excluding hydrogens is 246 g/mol. The van der Waals surface area contributed by atoms with Crippen molar-refractivity contribution < 1.29 is 14.6 Å². The molecule has 5 heteroatoms. The number of aryl methyl sites for hydroxylation is 1. The van der Waals surface area contributed by atoms with Gasteiger partial charge in [-0.15, -0.1) is 0 Å². The lowest BCUT2D eigenvalue weighted by Gasteiger charge is -2.09. The highest BCUT2D eigenvalue weighted by molar-refractivity contribution is 5.95. The molecule has 0 bridgehead atoms. The van der Waals surface area contributed by atoms with E-state index in [0.717, 1.165) is 5.56 Å². The van der Waals surface area contributed by atoms with Crippen molar-refractivity contribution in [2.45, 2.75) is 6.92 Å². The molecule has 0 amide bonds. The molecule has 0 aliphatic rings. The number of aromatic amines is 1. The summed E-state index contributed by atoms with van der Waals surface area (Å²) in [6, 6.07) is 6.84. The van der Waals surface area contributed by atoms with Crippen LogP contribution in [0.3, 0.4) is 0 Å². The number of carboxylic acid groups (broad SMARTS) is 1. The van der Waals surface area contributed by atoms with E-state index < -0.39 is 11.5 Å². The van der Waals surface area contributed by atoms with Crippen molar-refractivity contribution >= 4 is 5.97 Å². The summed E-state index contributed by atoms with van der Waals surface area (Å²) in [7, 11) is 1.57. The minimum atomic E-state index is -1.25. The molecule has 0 fully saturated rings. The van der Waals surface area contributed by atoms with Crippen molar-refractivity contribution in [3.63, 3.8) is 0 Å².